The molecule has 5 rings (SSSR count). The van der Waals surface area contributed by atoms with Gasteiger partial charge in [-0.3, -0.25) is 4.90 Å². The number of aryl methyl sites for hydroxylation is 2. The lowest BCUT2D eigenvalue weighted by molar-refractivity contribution is 0.0106. The maximum atomic E-state index is 13.3. The SMILES string of the molecule is CNc1ncc(N2CCN(C(=O)OC(C)(C)C)C3(CC3)C2)cc1C.Cc1cn2cc(C=N)cc(F)c2n1. The van der Waals surface area contributed by atoms with Gasteiger partial charge in [0, 0.05) is 50.9 Å². The lowest BCUT2D eigenvalue weighted by atomic mass is 10.1. The molecule has 1 saturated carbocycles. The maximum absolute atomic E-state index is 13.3. The number of hydrogen-bond donors (Lipinski definition) is 2. The summed E-state index contributed by atoms with van der Waals surface area (Å²) >= 11 is 0. The summed E-state index contributed by atoms with van der Waals surface area (Å²) in [6.45, 7) is 12.0. The van der Waals surface area contributed by atoms with Crippen LogP contribution in [0, 0.1) is 25.1 Å². The predicted octanol–water partition coefficient (Wildman–Crippen LogP) is 4.80. The Morgan fingerprint density at radius 2 is 1.95 bits per heavy atom. The highest BCUT2D eigenvalue weighted by atomic mass is 19.1. The molecule has 1 aliphatic heterocycles. The summed E-state index contributed by atoms with van der Waals surface area (Å²) in [4.78, 5) is 25.3. The Balaban J connectivity index is 0.000000207. The van der Waals surface area contributed by atoms with E-state index in [9.17, 15) is 9.18 Å². The number of rotatable bonds is 3. The van der Waals surface area contributed by atoms with E-state index in [4.69, 9.17) is 10.1 Å². The molecule has 4 heterocycles. The number of nitrogens with zero attached hydrogens (tertiary/aromatic N) is 5. The monoisotopic (exact) mass is 509 g/mol. The summed E-state index contributed by atoms with van der Waals surface area (Å²) in [5, 5.41) is 10.1. The van der Waals surface area contributed by atoms with Crippen molar-refractivity contribution in [2.24, 2.45) is 0 Å². The van der Waals surface area contributed by atoms with Crippen LogP contribution in [0.25, 0.3) is 5.65 Å². The van der Waals surface area contributed by atoms with Gasteiger partial charge in [-0.15, -0.1) is 0 Å². The van der Waals surface area contributed by atoms with E-state index >= 15 is 0 Å². The third-order valence-corrected chi connectivity index (χ3v) is 6.57. The van der Waals surface area contributed by atoms with E-state index in [1.165, 1.54) is 6.07 Å². The number of fused-ring (bicyclic) bond motifs is 1. The fourth-order valence-corrected chi connectivity index (χ4v) is 4.65. The molecule has 3 aromatic rings. The van der Waals surface area contributed by atoms with Crippen LogP contribution in [0.4, 0.5) is 20.7 Å². The second-order valence-corrected chi connectivity index (χ2v) is 10.8. The van der Waals surface area contributed by atoms with E-state index in [-0.39, 0.29) is 11.6 Å². The number of carbonyl (C=O) groups excluding carboxylic acids is 1. The average Bonchev–Trinajstić information content (AvgIpc) is 3.47. The van der Waals surface area contributed by atoms with Crippen molar-refractivity contribution in [2.75, 3.05) is 36.9 Å². The number of hydrogen-bond acceptors (Lipinski definition) is 7. The molecule has 2 N–H and O–H groups in total. The highest BCUT2D eigenvalue weighted by Crippen LogP contribution is 2.45. The van der Waals surface area contributed by atoms with Gasteiger partial charge < -0.3 is 24.8 Å². The number of amides is 1. The molecule has 1 aliphatic carbocycles. The minimum Gasteiger partial charge on any atom is -0.444 e. The first-order valence-electron chi connectivity index (χ1n) is 12.5. The van der Waals surface area contributed by atoms with Crippen molar-refractivity contribution in [1.29, 1.82) is 5.41 Å². The van der Waals surface area contributed by atoms with Gasteiger partial charge in [-0.2, -0.15) is 0 Å². The molecule has 1 spiro atoms. The van der Waals surface area contributed by atoms with E-state index in [0.717, 1.165) is 54.9 Å². The quantitative estimate of drug-likeness (QED) is 0.492. The molecular weight excluding hydrogens is 473 g/mol. The van der Waals surface area contributed by atoms with E-state index in [1.807, 2.05) is 38.9 Å². The number of anilines is 2. The molecule has 0 atom stereocenters. The van der Waals surface area contributed by atoms with Crippen LogP contribution >= 0.6 is 0 Å². The van der Waals surface area contributed by atoms with Gasteiger partial charge in [-0.1, -0.05) is 0 Å². The normalized spacial score (nSPS) is 16.3. The van der Waals surface area contributed by atoms with Crippen LogP contribution in [0.2, 0.25) is 0 Å². The van der Waals surface area contributed by atoms with Gasteiger partial charge in [0.2, 0.25) is 0 Å². The molecule has 198 valence electrons. The first kappa shape index (κ1) is 26.4. The van der Waals surface area contributed by atoms with Crippen LogP contribution in [-0.2, 0) is 4.74 Å². The zero-order valence-electron chi connectivity index (χ0n) is 22.4. The van der Waals surface area contributed by atoms with Gasteiger partial charge in [-0.25, -0.2) is 19.2 Å². The van der Waals surface area contributed by atoms with Crippen molar-refractivity contribution in [3.63, 3.8) is 0 Å². The molecule has 1 saturated heterocycles. The largest absolute Gasteiger partial charge is 0.444 e. The molecule has 0 aromatic carbocycles. The Morgan fingerprint density at radius 1 is 1.22 bits per heavy atom. The molecule has 1 amide bonds. The van der Waals surface area contributed by atoms with Crippen LogP contribution in [-0.4, -0.2) is 69.4 Å². The van der Waals surface area contributed by atoms with Gasteiger partial charge in [-0.05, 0) is 65.2 Å². The van der Waals surface area contributed by atoms with Gasteiger partial charge >= 0.3 is 6.09 Å². The van der Waals surface area contributed by atoms with Crippen molar-refractivity contribution in [3.8, 4) is 0 Å². The second kappa shape index (κ2) is 9.99. The Kier molecular flexibility index (Phi) is 7.12. The van der Waals surface area contributed by atoms with E-state index < -0.39 is 11.4 Å². The minimum atomic E-state index is -0.450. The number of aromatic nitrogens is 3. The first-order chi connectivity index (χ1) is 17.4. The van der Waals surface area contributed by atoms with Gasteiger partial charge in [0.15, 0.2) is 11.5 Å². The third kappa shape index (κ3) is 5.84. The summed E-state index contributed by atoms with van der Waals surface area (Å²) in [6, 6.07) is 3.47. The van der Waals surface area contributed by atoms with Crippen LogP contribution in [0.5, 0.6) is 0 Å². The standard InChI is InChI=1S/C18H28N4O2.C9H8FN3/c1-13-10-14(11-20-15(13)19-5)21-8-9-22(18(12-21)6-7-18)16(23)24-17(2,3)4;1-6-4-13-5-7(3-11)2-8(10)9(13)12-6/h10-11H,6-9,12H2,1-5H3,(H,19,20);2-5,11H,1H3. The lowest BCUT2D eigenvalue weighted by Crippen LogP contribution is -2.58. The average molecular weight is 510 g/mol. The number of ether oxygens (including phenoxy) is 1. The fourth-order valence-electron chi connectivity index (χ4n) is 4.65. The van der Waals surface area contributed by atoms with E-state index in [2.05, 4.69) is 33.2 Å². The van der Waals surface area contributed by atoms with Gasteiger partial charge in [0.1, 0.15) is 11.4 Å². The van der Waals surface area contributed by atoms with Crippen molar-refractivity contribution < 1.29 is 13.9 Å². The summed E-state index contributed by atoms with van der Waals surface area (Å²) in [5.41, 5.74) is 3.35. The molecule has 9 nitrogen and oxygen atoms in total. The number of piperazine rings is 1. The van der Waals surface area contributed by atoms with Gasteiger partial charge in [0.05, 0.1) is 23.1 Å². The van der Waals surface area contributed by atoms with Crippen LogP contribution in [0.1, 0.15) is 50.4 Å². The number of carbonyl (C=O) groups is 1. The Labute approximate surface area is 217 Å². The van der Waals surface area contributed by atoms with Crippen LogP contribution < -0.4 is 10.2 Å². The highest BCUT2D eigenvalue weighted by molar-refractivity contribution is 5.77. The zero-order chi connectivity index (χ0) is 27.0. The lowest BCUT2D eigenvalue weighted by Gasteiger charge is -2.43. The fraction of sp³-hybridized carbons (Fsp3) is 0.481. The molecule has 37 heavy (non-hydrogen) atoms. The van der Waals surface area contributed by atoms with E-state index in [0.29, 0.717) is 17.8 Å². The number of nitrogens with one attached hydrogen (secondary N) is 2. The molecule has 2 fully saturated rings. The molecule has 10 heteroatoms. The molecule has 2 aliphatic rings. The maximum Gasteiger partial charge on any atom is 0.410 e. The van der Waals surface area contributed by atoms with Crippen molar-refractivity contribution >= 4 is 29.5 Å². The van der Waals surface area contributed by atoms with Crippen LogP contribution in [0.3, 0.4) is 0 Å². The topological polar surface area (TPSA) is 98.9 Å². The highest BCUT2D eigenvalue weighted by Gasteiger charge is 2.54. The molecule has 3 aromatic heterocycles. The van der Waals surface area contributed by atoms with Crippen molar-refractivity contribution in [1.82, 2.24) is 19.3 Å². The summed E-state index contributed by atoms with van der Waals surface area (Å²) in [7, 11) is 1.88. The number of pyridine rings is 2. The van der Waals surface area contributed by atoms with Crippen molar-refractivity contribution in [3.05, 3.63) is 53.4 Å². The second-order valence-electron chi connectivity index (χ2n) is 10.8. The van der Waals surface area contributed by atoms with Crippen LogP contribution in [0.15, 0.2) is 30.7 Å². The first-order valence-corrected chi connectivity index (χ1v) is 12.5. The predicted molar refractivity (Wildman–Crippen MR) is 143 cm³/mol. The summed E-state index contributed by atoms with van der Waals surface area (Å²) < 4.78 is 20.4. The van der Waals surface area contributed by atoms with E-state index in [1.54, 1.807) is 23.7 Å². The number of halogens is 1. The molecule has 0 unspecified atom stereocenters. The Bertz CT molecular complexity index is 1310. The Morgan fingerprint density at radius 3 is 2.54 bits per heavy atom. The third-order valence-electron chi connectivity index (χ3n) is 6.57. The molecule has 0 radical (unpaired) electrons. The minimum absolute atomic E-state index is 0.0594. The van der Waals surface area contributed by atoms with Crippen molar-refractivity contribution in [2.45, 2.75) is 58.6 Å². The Hall–Kier alpha value is -3.69. The van der Waals surface area contributed by atoms with Gasteiger partial charge in [0.25, 0.3) is 0 Å². The summed E-state index contributed by atoms with van der Waals surface area (Å²) in [5.74, 6) is 0.515. The molecular formula is C27H36FN7O2. The number of imidazole rings is 1. The molecule has 0 bridgehead atoms. The smallest absolute Gasteiger partial charge is 0.410 e. The summed E-state index contributed by atoms with van der Waals surface area (Å²) in [6.07, 6.45) is 8.33. The zero-order valence-corrected chi connectivity index (χ0v) is 22.4.